The Morgan fingerprint density at radius 2 is 1.64 bits per heavy atom. The summed E-state index contributed by atoms with van der Waals surface area (Å²) in [7, 11) is 1.94. The van der Waals surface area contributed by atoms with Gasteiger partial charge in [0.05, 0.1) is 18.1 Å². The predicted octanol–water partition coefficient (Wildman–Crippen LogP) is 3.03. The second-order valence-corrected chi connectivity index (χ2v) is 13.8. The van der Waals surface area contributed by atoms with Gasteiger partial charge in [0.1, 0.15) is 12.1 Å². The SMILES string of the molecule is CNC1CCN(C(=O)C[C@@H](Cc2ccccc2)C(=O)N[C@@H](CSC)C(=O)N[C@@H](CC2CCCCC2)[C@@H](N)C(=O)OC(C)C)CC1. The number of carbonyl (C=O) groups is 4. The van der Waals surface area contributed by atoms with Crippen LogP contribution in [0.15, 0.2) is 30.3 Å². The molecule has 3 amide bonds. The number of thioether (sulfide) groups is 1. The average Bonchev–Trinajstić information content (AvgIpc) is 3.04. The van der Waals surface area contributed by atoms with E-state index < -0.39 is 30.0 Å². The Bertz CT molecular complexity index is 1080. The third-order valence-corrected chi connectivity index (χ3v) is 9.70. The molecule has 5 N–H and O–H groups in total. The normalized spacial score (nSPS) is 18.9. The van der Waals surface area contributed by atoms with Crippen LogP contribution in [-0.4, -0.2) is 91.0 Å². The summed E-state index contributed by atoms with van der Waals surface area (Å²) in [6.07, 6.45) is 9.83. The molecule has 1 aliphatic heterocycles. The Kier molecular flexibility index (Phi) is 15.7. The van der Waals surface area contributed by atoms with Gasteiger partial charge in [-0.3, -0.25) is 19.2 Å². The first-order valence-electron chi connectivity index (χ1n) is 16.7. The molecule has 2 aliphatic rings. The van der Waals surface area contributed by atoms with Gasteiger partial charge in [-0.15, -0.1) is 0 Å². The number of amides is 3. The van der Waals surface area contributed by atoms with Crippen molar-refractivity contribution in [3.63, 3.8) is 0 Å². The van der Waals surface area contributed by atoms with Crippen molar-refractivity contribution in [3.05, 3.63) is 35.9 Å². The van der Waals surface area contributed by atoms with E-state index in [1.807, 2.05) is 48.5 Å². The topological polar surface area (TPSA) is 143 Å². The molecule has 1 aliphatic carbocycles. The van der Waals surface area contributed by atoms with Crippen LogP contribution in [0.25, 0.3) is 0 Å². The van der Waals surface area contributed by atoms with E-state index >= 15 is 0 Å². The van der Waals surface area contributed by atoms with Crippen LogP contribution < -0.4 is 21.7 Å². The van der Waals surface area contributed by atoms with E-state index in [0.29, 0.717) is 43.6 Å². The smallest absolute Gasteiger partial charge is 0.325 e. The fraction of sp³-hybridized carbons (Fsp3) is 0.706. The van der Waals surface area contributed by atoms with Gasteiger partial charge in [0.15, 0.2) is 0 Å². The highest BCUT2D eigenvalue weighted by molar-refractivity contribution is 7.98. The number of hydrogen-bond donors (Lipinski definition) is 4. The van der Waals surface area contributed by atoms with Crippen molar-refractivity contribution in [2.45, 2.75) is 108 Å². The third kappa shape index (κ3) is 12.2. The Morgan fingerprint density at radius 3 is 2.24 bits per heavy atom. The molecule has 0 aromatic heterocycles. The lowest BCUT2D eigenvalue weighted by molar-refractivity contribution is -0.150. The minimum absolute atomic E-state index is 0.0475. The molecule has 1 aromatic carbocycles. The van der Waals surface area contributed by atoms with E-state index in [-0.39, 0.29) is 30.2 Å². The zero-order valence-corrected chi connectivity index (χ0v) is 28.4. The molecule has 1 heterocycles. The third-order valence-electron chi connectivity index (χ3n) is 9.04. The zero-order chi connectivity index (χ0) is 32.8. The van der Waals surface area contributed by atoms with Crippen molar-refractivity contribution in [2.24, 2.45) is 17.6 Å². The number of benzene rings is 1. The Morgan fingerprint density at radius 1 is 0.978 bits per heavy atom. The van der Waals surface area contributed by atoms with Crippen LogP contribution in [0.3, 0.4) is 0 Å². The Labute approximate surface area is 273 Å². The molecule has 2 fully saturated rings. The molecule has 0 radical (unpaired) electrons. The van der Waals surface area contributed by atoms with E-state index in [4.69, 9.17) is 10.5 Å². The van der Waals surface area contributed by atoms with E-state index in [9.17, 15) is 19.2 Å². The van der Waals surface area contributed by atoms with Crippen LogP contribution in [0, 0.1) is 11.8 Å². The van der Waals surface area contributed by atoms with Crippen LogP contribution in [0.5, 0.6) is 0 Å². The fourth-order valence-corrected chi connectivity index (χ4v) is 6.96. The lowest BCUT2D eigenvalue weighted by Gasteiger charge is -2.33. The molecule has 0 unspecified atom stereocenters. The first-order valence-corrected chi connectivity index (χ1v) is 18.0. The summed E-state index contributed by atoms with van der Waals surface area (Å²) < 4.78 is 5.39. The van der Waals surface area contributed by atoms with Crippen LogP contribution in [-0.2, 0) is 30.3 Å². The highest BCUT2D eigenvalue weighted by atomic mass is 32.2. The molecule has 0 spiro atoms. The number of hydrogen-bond acceptors (Lipinski definition) is 8. The van der Waals surface area contributed by atoms with Gasteiger partial charge in [-0.25, -0.2) is 0 Å². The molecule has 1 saturated carbocycles. The minimum Gasteiger partial charge on any atom is -0.462 e. The highest BCUT2D eigenvalue weighted by Gasteiger charge is 2.34. The molecular weight excluding hydrogens is 590 g/mol. The number of piperidine rings is 1. The number of nitrogens with zero attached hydrogens (tertiary/aromatic N) is 1. The van der Waals surface area contributed by atoms with Crippen LogP contribution >= 0.6 is 11.8 Å². The van der Waals surface area contributed by atoms with Gasteiger partial charge in [-0.05, 0) is 64.3 Å². The van der Waals surface area contributed by atoms with Gasteiger partial charge in [0.25, 0.3) is 0 Å². The number of nitrogens with two attached hydrogens (primary N) is 1. The first kappa shape index (κ1) is 36.8. The molecule has 1 saturated heterocycles. The number of likely N-dealkylation sites (tertiary alicyclic amines) is 1. The lowest BCUT2D eigenvalue weighted by Crippen LogP contribution is -2.58. The number of ether oxygens (including phenoxy) is 1. The molecular formula is C34H55N5O5S. The molecule has 3 rings (SSSR count). The van der Waals surface area contributed by atoms with E-state index in [1.165, 1.54) is 18.2 Å². The van der Waals surface area contributed by atoms with Crippen molar-refractivity contribution < 1.29 is 23.9 Å². The summed E-state index contributed by atoms with van der Waals surface area (Å²) in [6, 6.07) is 7.55. The summed E-state index contributed by atoms with van der Waals surface area (Å²) in [6.45, 7) is 4.85. The van der Waals surface area contributed by atoms with Gasteiger partial charge < -0.3 is 31.3 Å². The van der Waals surface area contributed by atoms with Gasteiger partial charge in [-0.1, -0.05) is 62.4 Å². The highest BCUT2D eigenvalue weighted by Crippen LogP contribution is 2.28. The summed E-state index contributed by atoms with van der Waals surface area (Å²) in [4.78, 5) is 55.6. The molecule has 11 heteroatoms. The summed E-state index contributed by atoms with van der Waals surface area (Å²) >= 11 is 1.44. The van der Waals surface area contributed by atoms with Gasteiger partial charge >= 0.3 is 5.97 Å². The van der Waals surface area contributed by atoms with Crippen LogP contribution in [0.2, 0.25) is 0 Å². The van der Waals surface area contributed by atoms with Crippen LogP contribution in [0.4, 0.5) is 0 Å². The Balaban J connectivity index is 1.74. The fourth-order valence-electron chi connectivity index (χ4n) is 6.39. The average molecular weight is 646 g/mol. The first-order chi connectivity index (χ1) is 21.6. The van der Waals surface area contributed by atoms with Crippen molar-refractivity contribution in [1.29, 1.82) is 0 Å². The minimum atomic E-state index is -1.01. The number of nitrogens with one attached hydrogen (secondary N) is 3. The quantitative estimate of drug-likeness (QED) is 0.201. The van der Waals surface area contributed by atoms with Crippen molar-refractivity contribution in [3.8, 4) is 0 Å². The number of esters is 1. The largest absolute Gasteiger partial charge is 0.462 e. The monoisotopic (exact) mass is 645 g/mol. The lowest BCUT2D eigenvalue weighted by atomic mass is 9.83. The van der Waals surface area contributed by atoms with Gasteiger partial charge in [-0.2, -0.15) is 11.8 Å². The molecule has 10 nitrogen and oxygen atoms in total. The van der Waals surface area contributed by atoms with Gasteiger partial charge in [0.2, 0.25) is 17.7 Å². The van der Waals surface area contributed by atoms with Crippen molar-refractivity contribution in [1.82, 2.24) is 20.9 Å². The predicted molar refractivity (Wildman–Crippen MR) is 180 cm³/mol. The standard InChI is InChI=1S/C34H55N5O5S/c1-23(2)44-34(43)31(35)28(20-25-13-9-6-10-14-25)37-33(42)29(22-45-4)38-32(41)26(19-24-11-7-5-8-12-24)21-30(40)39-17-15-27(36-3)16-18-39/h5,7-8,11-12,23,25-29,31,36H,6,9-10,13-22,35H2,1-4H3,(H,37,42)(H,38,41)/t26-,28+,29+,31-/m1/s1. The maximum atomic E-state index is 13.8. The molecule has 4 atom stereocenters. The maximum absolute atomic E-state index is 13.8. The van der Waals surface area contributed by atoms with E-state index in [1.54, 1.807) is 13.8 Å². The summed E-state index contributed by atoms with van der Waals surface area (Å²) in [5.41, 5.74) is 7.35. The molecule has 1 aromatic rings. The number of rotatable bonds is 16. The zero-order valence-electron chi connectivity index (χ0n) is 27.6. The second kappa shape index (κ2) is 19.1. The van der Waals surface area contributed by atoms with Gasteiger partial charge in [0, 0.05) is 31.3 Å². The second-order valence-electron chi connectivity index (χ2n) is 12.9. The number of carbonyl (C=O) groups excluding carboxylic acids is 4. The molecule has 0 bridgehead atoms. The molecule has 45 heavy (non-hydrogen) atoms. The van der Waals surface area contributed by atoms with Crippen LogP contribution in [0.1, 0.15) is 77.2 Å². The molecule has 252 valence electrons. The van der Waals surface area contributed by atoms with E-state index in [0.717, 1.165) is 44.1 Å². The van der Waals surface area contributed by atoms with E-state index in [2.05, 4.69) is 16.0 Å². The van der Waals surface area contributed by atoms with Crippen molar-refractivity contribution >= 4 is 35.5 Å². The Hall–Kier alpha value is -2.63. The summed E-state index contributed by atoms with van der Waals surface area (Å²) in [5.74, 6) is -1.26. The maximum Gasteiger partial charge on any atom is 0.325 e. The summed E-state index contributed by atoms with van der Waals surface area (Å²) in [5, 5.41) is 9.27. The van der Waals surface area contributed by atoms with Crippen molar-refractivity contribution in [2.75, 3.05) is 32.1 Å².